The second-order valence-electron chi connectivity index (χ2n) is 8.03. The molecule has 0 radical (unpaired) electrons. The molecule has 126 valence electrons. The molecule has 4 heteroatoms. The van der Waals surface area contributed by atoms with Gasteiger partial charge >= 0.3 is 6.09 Å². The summed E-state index contributed by atoms with van der Waals surface area (Å²) in [6.07, 6.45) is 1.09. The van der Waals surface area contributed by atoms with Gasteiger partial charge in [-0.25, -0.2) is 4.79 Å². The average molecular weight is 316 g/mol. The van der Waals surface area contributed by atoms with Crippen LogP contribution in [0.5, 0.6) is 0 Å². The van der Waals surface area contributed by atoms with E-state index in [-0.39, 0.29) is 6.09 Å². The number of fused-ring (bicyclic) bond motifs is 2. The van der Waals surface area contributed by atoms with Gasteiger partial charge in [0.25, 0.3) is 0 Å². The number of piperidine rings is 2. The normalized spacial score (nSPS) is 25.3. The molecule has 0 aliphatic carbocycles. The van der Waals surface area contributed by atoms with Crippen LogP contribution in [0.25, 0.3) is 0 Å². The molecule has 2 aliphatic heterocycles. The predicted molar refractivity (Wildman–Crippen MR) is 91.1 cm³/mol. The molecule has 2 atom stereocenters. The molecule has 23 heavy (non-hydrogen) atoms. The van der Waals surface area contributed by atoms with Gasteiger partial charge in [0.15, 0.2) is 0 Å². The molecule has 1 amide bonds. The van der Waals surface area contributed by atoms with Crippen molar-refractivity contribution in [2.24, 2.45) is 11.8 Å². The Morgan fingerprint density at radius 1 is 1.09 bits per heavy atom. The number of benzene rings is 1. The number of hydrogen-bond donors (Lipinski definition) is 0. The van der Waals surface area contributed by atoms with Gasteiger partial charge in [-0.1, -0.05) is 30.3 Å². The SMILES string of the molecule is CC(C)(C)OC(=O)N1CC2C[C@@H](CN(Cc3ccccc3)C2)C1. The van der Waals surface area contributed by atoms with Crippen LogP contribution in [0.1, 0.15) is 32.8 Å². The minimum Gasteiger partial charge on any atom is -0.444 e. The highest BCUT2D eigenvalue weighted by Gasteiger charge is 2.37. The zero-order valence-electron chi connectivity index (χ0n) is 14.5. The molecular formula is C19H28N2O2. The van der Waals surface area contributed by atoms with Crippen molar-refractivity contribution in [1.82, 2.24) is 9.80 Å². The van der Waals surface area contributed by atoms with Crippen LogP contribution in [0.4, 0.5) is 4.79 Å². The Bertz CT molecular complexity index is 524. The molecule has 2 aliphatic rings. The molecular weight excluding hydrogens is 288 g/mol. The lowest BCUT2D eigenvalue weighted by molar-refractivity contribution is -0.0108. The zero-order valence-corrected chi connectivity index (χ0v) is 14.5. The fourth-order valence-electron chi connectivity index (χ4n) is 3.83. The highest BCUT2D eigenvalue weighted by molar-refractivity contribution is 5.68. The Balaban J connectivity index is 1.57. The largest absolute Gasteiger partial charge is 0.444 e. The van der Waals surface area contributed by atoms with Gasteiger partial charge in [0.2, 0.25) is 0 Å². The summed E-state index contributed by atoms with van der Waals surface area (Å²) >= 11 is 0. The van der Waals surface area contributed by atoms with E-state index < -0.39 is 5.60 Å². The topological polar surface area (TPSA) is 32.8 Å². The molecule has 0 spiro atoms. The van der Waals surface area contributed by atoms with Gasteiger partial charge in [0.05, 0.1) is 0 Å². The second-order valence-corrected chi connectivity index (χ2v) is 8.03. The van der Waals surface area contributed by atoms with Gasteiger partial charge in [-0.2, -0.15) is 0 Å². The van der Waals surface area contributed by atoms with E-state index >= 15 is 0 Å². The van der Waals surface area contributed by atoms with Gasteiger partial charge in [0.1, 0.15) is 5.60 Å². The van der Waals surface area contributed by atoms with Crippen molar-refractivity contribution in [1.29, 1.82) is 0 Å². The third-order valence-electron chi connectivity index (χ3n) is 4.56. The van der Waals surface area contributed by atoms with Crippen LogP contribution in [0.3, 0.4) is 0 Å². The first-order valence-electron chi connectivity index (χ1n) is 8.63. The lowest BCUT2D eigenvalue weighted by Gasteiger charge is -2.45. The van der Waals surface area contributed by atoms with Crippen LogP contribution < -0.4 is 0 Å². The molecule has 1 aromatic carbocycles. The summed E-state index contributed by atoms with van der Waals surface area (Å²) in [4.78, 5) is 16.8. The Hall–Kier alpha value is -1.55. The van der Waals surface area contributed by atoms with Crippen molar-refractivity contribution in [2.45, 2.75) is 39.3 Å². The quantitative estimate of drug-likeness (QED) is 0.838. The first-order chi connectivity index (χ1) is 10.9. The van der Waals surface area contributed by atoms with Crippen LogP contribution in [0.2, 0.25) is 0 Å². The average Bonchev–Trinajstić information content (AvgIpc) is 2.45. The van der Waals surface area contributed by atoms with Crippen molar-refractivity contribution in [3.63, 3.8) is 0 Å². The number of hydrogen-bond acceptors (Lipinski definition) is 3. The third-order valence-corrected chi connectivity index (χ3v) is 4.56. The molecule has 2 fully saturated rings. The van der Waals surface area contributed by atoms with Crippen LogP contribution in [-0.4, -0.2) is 47.7 Å². The number of amides is 1. The first-order valence-corrected chi connectivity index (χ1v) is 8.63. The molecule has 4 nitrogen and oxygen atoms in total. The lowest BCUT2D eigenvalue weighted by atomic mass is 9.84. The summed E-state index contributed by atoms with van der Waals surface area (Å²) in [5.41, 5.74) is 0.958. The molecule has 0 aromatic heterocycles. The number of rotatable bonds is 2. The summed E-state index contributed by atoms with van der Waals surface area (Å²) in [6.45, 7) is 10.6. The van der Waals surface area contributed by atoms with Crippen LogP contribution >= 0.6 is 0 Å². The molecule has 0 N–H and O–H groups in total. The van der Waals surface area contributed by atoms with Gasteiger partial charge < -0.3 is 9.64 Å². The highest BCUT2D eigenvalue weighted by atomic mass is 16.6. The zero-order chi connectivity index (χ0) is 16.4. The lowest BCUT2D eigenvalue weighted by Crippen LogP contribution is -2.54. The second kappa shape index (κ2) is 6.52. The first kappa shape index (κ1) is 16.3. The fourth-order valence-corrected chi connectivity index (χ4v) is 3.83. The molecule has 2 heterocycles. The molecule has 2 saturated heterocycles. The Kier molecular flexibility index (Phi) is 4.62. The van der Waals surface area contributed by atoms with E-state index in [0.29, 0.717) is 11.8 Å². The number of ether oxygens (including phenoxy) is 1. The maximum atomic E-state index is 12.3. The van der Waals surface area contributed by atoms with Gasteiger partial charge in [-0.15, -0.1) is 0 Å². The summed E-state index contributed by atoms with van der Waals surface area (Å²) in [5.74, 6) is 1.14. The molecule has 1 aromatic rings. The molecule has 3 rings (SSSR count). The van der Waals surface area contributed by atoms with E-state index in [1.165, 1.54) is 12.0 Å². The van der Waals surface area contributed by atoms with E-state index in [9.17, 15) is 4.79 Å². The van der Waals surface area contributed by atoms with Crippen molar-refractivity contribution < 1.29 is 9.53 Å². The predicted octanol–water partition coefficient (Wildman–Crippen LogP) is 3.38. The smallest absolute Gasteiger partial charge is 0.410 e. The standard InChI is InChI=1S/C19H28N2O2/c1-19(2,3)23-18(22)21-13-16-9-17(14-21)12-20(11-16)10-15-7-5-4-6-8-15/h4-8,16-17H,9-14H2,1-3H3/t16-,17?/m0/s1. The number of likely N-dealkylation sites (tertiary alicyclic amines) is 2. The summed E-state index contributed by atoms with van der Waals surface area (Å²) in [6, 6.07) is 10.6. The van der Waals surface area contributed by atoms with Gasteiger partial charge in [0, 0.05) is 32.7 Å². The maximum Gasteiger partial charge on any atom is 0.410 e. The van der Waals surface area contributed by atoms with Crippen molar-refractivity contribution in [3.05, 3.63) is 35.9 Å². The Labute approximate surface area is 139 Å². The van der Waals surface area contributed by atoms with Crippen LogP contribution in [-0.2, 0) is 11.3 Å². The van der Waals surface area contributed by atoms with Crippen molar-refractivity contribution >= 4 is 6.09 Å². The minimum atomic E-state index is -0.414. The summed E-state index contributed by atoms with van der Waals surface area (Å²) < 4.78 is 5.54. The molecule has 0 saturated carbocycles. The minimum absolute atomic E-state index is 0.149. The van der Waals surface area contributed by atoms with Crippen molar-refractivity contribution in [2.75, 3.05) is 26.2 Å². The Morgan fingerprint density at radius 3 is 2.26 bits per heavy atom. The number of carbonyl (C=O) groups excluding carboxylic acids is 1. The van der Waals surface area contributed by atoms with Crippen LogP contribution in [0.15, 0.2) is 30.3 Å². The third kappa shape index (κ3) is 4.47. The van der Waals surface area contributed by atoms with E-state index in [0.717, 1.165) is 32.7 Å². The number of carbonyl (C=O) groups is 1. The summed E-state index contributed by atoms with van der Waals surface area (Å²) in [5, 5.41) is 0. The molecule has 2 bridgehead atoms. The number of nitrogens with zero attached hydrogens (tertiary/aromatic N) is 2. The van der Waals surface area contributed by atoms with Gasteiger partial charge in [-0.3, -0.25) is 4.90 Å². The maximum absolute atomic E-state index is 12.3. The highest BCUT2D eigenvalue weighted by Crippen LogP contribution is 2.30. The van der Waals surface area contributed by atoms with E-state index in [1.807, 2.05) is 25.7 Å². The summed E-state index contributed by atoms with van der Waals surface area (Å²) in [7, 11) is 0. The Morgan fingerprint density at radius 2 is 1.70 bits per heavy atom. The monoisotopic (exact) mass is 316 g/mol. The van der Waals surface area contributed by atoms with Crippen LogP contribution in [0, 0.1) is 11.8 Å². The van der Waals surface area contributed by atoms with Gasteiger partial charge in [-0.05, 0) is 44.6 Å². The molecule has 1 unspecified atom stereocenters. The van der Waals surface area contributed by atoms with E-state index in [1.54, 1.807) is 0 Å². The van der Waals surface area contributed by atoms with E-state index in [4.69, 9.17) is 4.74 Å². The van der Waals surface area contributed by atoms with E-state index in [2.05, 4.69) is 35.2 Å². The fraction of sp³-hybridized carbons (Fsp3) is 0.632. The van der Waals surface area contributed by atoms with Crippen molar-refractivity contribution in [3.8, 4) is 0 Å².